The standard InChI is InChI=1S/C36H38N4O2/c1-23-15-25(17-31(33(23)41)35(3,4)5)21-37-39-29-13-9-11-27(19-29)28-12-10-14-30(20-28)40-38-22-26-16-24(2)34(42)32(18-26)36(6,7)8/h9-22H,1-8H3/b25-21+,26-22+,39-37+,40-38+. The van der Waals surface area contributed by atoms with Gasteiger partial charge in [-0.1, -0.05) is 65.8 Å². The minimum absolute atomic E-state index is 0.0756. The quantitative estimate of drug-likeness (QED) is 0.342. The Morgan fingerprint density at radius 2 is 0.952 bits per heavy atom. The number of ketones is 2. The van der Waals surface area contributed by atoms with E-state index in [1.54, 1.807) is 12.4 Å². The molecule has 2 aromatic rings. The number of allylic oxidation sites excluding steroid dienone is 10. The molecule has 0 radical (unpaired) electrons. The molecule has 0 aliphatic heterocycles. The monoisotopic (exact) mass is 558 g/mol. The van der Waals surface area contributed by atoms with Crippen molar-refractivity contribution in [3.8, 4) is 11.1 Å². The number of azo groups is 2. The molecule has 0 unspecified atom stereocenters. The van der Waals surface area contributed by atoms with E-state index in [4.69, 9.17) is 0 Å². The highest BCUT2D eigenvalue weighted by Gasteiger charge is 2.28. The Hall–Kier alpha value is -4.58. The lowest BCUT2D eigenvalue weighted by Crippen LogP contribution is -2.21. The minimum atomic E-state index is -0.249. The summed E-state index contributed by atoms with van der Waals surface area (Å²) in [5.41, 5.74) is 7.51. The molecule has 0 spiro atoms. The van der Waals surface area contributed by atoms with Crippen LogP contribution in [0.25, 0.3) is 11.1 Å². The van der Waals surface area contributed by atoms with E-state index in [0.29, 0.717) is 22.5 Å². The summed E-state index contributed by atoms with van der Waals surface area (Å²) in [6.45, 7) is 15.9. The third-order valence-corrected chi connectivity index (χ3v) is 7.00. The van der Waals surface area contributed by atoms with Gasteiger partial charge in [-0.15, -0.1) is 0 Å². The van der Waals surface area contributed by atoms with Crippen molar-refractivity contribution in [2.45, 2.75) is 55.4 Å². The molecule has 0 saturated heterocycles. The van der Waals surface area contributed by atoms with Crippen molar-refractivity contribution >= 4 is 22.9 Å². The molecular formula is C36H38N4O2. The van der Waals surface area contributed by atoms with Crippen LogP contribution in [0.2, 0.25) is 0 Å². The van der Waals surface area contributed by atoms with E-state index < -0.39 is 0 Å². The Labute approximate surface area is 248 Å². The normalized spacial score (nSPS) is 18.6. The molecule has 6 heteroatoms. The van der Waals surface area contributed by atoms with Gasteiger partial charge in [0, 0.05) is 11.1 Å². The fourth-order valence-electron chi connectivity index (χ4n) is 4.69. The number of nitrogens with zero attached hydrogens (tertiary/aromatic N) is 4. The van der Waals surface area contributed by atoms with Crippen LogP contribution >= 0.6 is 0 Å². The highest BCUT2D eigenvalue weighted by atomic mass is 16.1. The summed E-state index contributed by atoms with van der Waals surface area (Å²) >= 11 is 0. The second-order valence-corrected chi connectivity index (χ2v) is 12.7. The number of hydrogen-bond donors (Lipinski definition) is 0. The Morgan fingerprint density at radius 1 is 0.571 bits per heavy atom. The molecule has 2 aromatic carbocycles. The first kappa shape index (κ1) is 30.4. The predicted molar refractivity (Wildman–Crippen MR) is 170 cm³/mol. The van der Waals surface area contributed by atoms with E-state index in [1.165, 1.54) is 0 Å². The number of carbonyl (C=O) groups excluding carboxylic acids is 2. The zero-order chi connectivity index (χ0) is 30.7. The first-order valence-corrected chi connectivity index (χ1v) is 14.1. The summed E-state index contributed by atoms with van der Waals surface area (Å²) in [5, 5.41) is 17.4. The molecule has 0 fully saturated rings. The Morgan fingerprint density at radius 3 is 1.31 bits per heavy atom. The predicted octanol–water partition coefficient (Wildman–Crippen LogP) is 10.3. The summed E-state index contributed by atoms with van der Waals surface area (Å²) in [7, 11) is 0. The van der Waals surface area contributed by atoms with Crippen molar-refractivity contribution in [3.05, 3.63) is 119 Å². The maximum absolute atomic E-state index is 12.6. The van der Waals surface area contributed by atoms with E-state index in [1.807, 2.05) is 128 Å². The van der Waals surface area contributed by atoms with Crippen LogP contribution in [-0.4, -0.2) is 11.6 Å². The first-order chi connectivity index (χ1) is 19.7. The van der Waals surface area contributed by atoms with E-state index in [2.05, 4.69) is 20.5 Å². The molecule has 42 heavy (non-hydrogen) atoms. The van der Waals surface area contributed by atoms with Gasteiger partial charge in [-0.3, -0.25) is 9.59 Å². The Bertz CT molecular complexity index is 1550. The molecular weight excluding hydrogens is 520 g/mol. The van der Waals surface area contributed by atoms with Gasteiger partial charge in [0.25, 0.3) is 0 Å². The Balaban J connectivity index is 1.52. The molecule has 0 aromatic heterocycles. The summed E-state index contributed by atoms with van der Waals surface area (Å²) in [5.74, 6) is 0.151. The second kappa shape index (κ2) is 12.1. The van der Waals surface area contributed by atoms with E-state index >= 15 is 0 Å². The van der Waals surface area contributed by atoms with Crippen molar-refractivity contribution in [2.75, 3.05) is 0 Å². The SMILES string of the molecule is CC1=C/C(=C\N=N\c2cccc(-c3cccc(/N=N/C=C4\C=C(C)C(=O)C(C(C)(C)C)=C4)c3)c2)C=C(C(C)(C)C)C1=O. The number of hydrogen-bond acceptors (Lipinski definition) is 6. The molecule has 2 aliphatic rings. The first-order valence-electron chi connectivity index (χ1n) is 14.1. The van der Waals surface area contributed by atoms with Crippen LogP contribution in [0.4, 0.5) is 11.4 Å². The van der Waals surface area contributed by atoms with Gasteiger partial charge in [0.1, 0.15) is 0 Å². The fraction of sp³-hybridized carbons (Fsp3) is 0.278. The second-order valence-electron chi connectivity index (χ2n) is 12.7. The molecule has 4 rings (SSSR count). The molecule has 214 valence electrons. The van der Waals surface area contributed by atoms with Crippen LogP contribution in [0, 0.1) is 10.8 Å². The lowest BCUT2D eigenvalue weighted by molar-refractivity contribution is -0.113. The van der Waals surface area contributed by atoms with Crippen LogP contribution in [0.3, 0.4) is 0 Å². The van der Waals surface area contributed by atoms with Crippen LogP contribution in [0.1, 0.15) is 55.4 Å². The van der Waals surface area contributed by atoms with E-state index in [9.17, 15) is 9.59 Å². The topological polar surface area (TPSA) is 83.6 Å². The summed E-state index contributed by atoms with van der Waals surface area (Å²) < 4.78 is 0. The molecule has 0 saturated carbocycles. The number of rotatable bonds is 5. The van der Waals surface area contributed by atoms with Gasteiger partial charge in [-0.2, -0.15) is 20.5 Å². The molecule has 0 bridgehead atoms. The molecule has 2 aliphatic carbocycles. The smallest absolute Gasteiger partial charge is 0.185 e. The van der Waals surface area contributed by atoms with Gasteiger partial charge in [0.2, 0.25) is 0 Å². The summed E-state index contributed by atoms with van der Waals surface area (Å²) in [6.07, 6.45) is 10.8. The number of carbonyl (C=O) groups is 2. The highest BCUT2D eigenvalue weighted by Crippen LogP contribution is 2.34. The molecule has 6 nitrogen and oxygen atoms in total. The van der Waals surface area contributed by atoms with Crippen LogP contribution in [-0.2, 0) is 9.59 Å². The largest absolute Gasteiger partial charge is 0.289 e. The third kappa shape index (κ3) is 7.38. The van der Waals surface area contributed by atoms with Gasteiger partial charge in [-0.25, -0.2) is 0 Å². The van der Waals surface area contributed by atoms with Gasteiger partial charge in [0.05, 0.1) is 23.8 Å². The summed E-state index contributed by atoms with van der Waals surface area (Å²) in [4.78, 5) is 25.1. The van der Waals surface area contributed by atoms with E-state index in [-0.39, 0.29) is 22.4 Å². The highest BCUT2D eigenvalue weighted by molar-refractivity contribution is 6.11. The van der Waals surface area contributed by atoms with Crippen molar-refractivity contribution in [3.63, 3.8) is 0 Å². The molecule has 0 heterocycles. The minimum Gasteiger partial charge on any atom is -0.289 e. The average molecular weight is 559 g/mol. The fourth-order valence-corrected chi connectivity index (χ4v) is 4.69. The number of benzene rings is 2. The van der Waals surface area contributed by atoms with Crippen LogP contribution < -0.4 is 0 Å². The number of Topliss-reactive ketones (excluding diaryl/α,β-unsaturated/α-hetero) is 2. The lowest BCUT2D eigenvalue weighted by Gasteiger charge is -2.24. The molecule has 0 amide bonds. The van der Waals surface area contributed by atoms with E-state index in [0.717, 1.165) is 33.4 Å². The molecule has 0 N–H and O–H groups in total. The molecule has 0 atom stereocenters. The maximum Gasteiger partial charge on any atom is 0.185 e. The summed E-state index contributed by atoms with van der Waals surface area (Å²) in [6, 6.07) is 15.6. The zero-order valence-electron chi connectivity index (χ0n) is 25.7. The van der Waals surface area contributed by atoms with Crippen LogP contribution in [0.5, 0.6) is 0 Å². The van der Waals surface area contributed by atoms with Crippen molar-refractivity contribution in [1.82, 2.24) is 0 Å². The van der Waals surface area contributed by atoms with Gasteiger partial charge in [-0.05, 0) is 107 Å². The maximum atomic E-state index is 12.6. The Kier molecular flexibility index (Phi) is 8.76. The van der Waals surface area contributed by atoms with Crippen LogP contribution in [0.15, 0.2) is 139 Å². The van der Waals surface area contributed by atoms with Gasteiger partial charge >= 0.3 is 0 Å². The average Bonchev–Trinajstić information content (AvgIpc) is 2.91. The van der Waals surface area contributed by atoms with Crippen molar-refractivity contribution in [1.29, 1.82) is 0 Å². The van der Waals surface area contributed by atoms with Crippen molar-refractivity contribution in [2.24, 2.45) is 31.3 Å². The van der Waals surface area contributed by atoms with Gasteiger partial charge in [0.15, 0.2) is 11.6 Å². The van der Waals surface area contributed by atoms with Gasteiger partial charge < -0.3 is 0 Å². The zero-order valence-corrected chi connectivity index (χ0v) is 25.7. The third-order valence-electron chi connectivity index (χ3n) is 7.00. The van der Waals surface area contributed by atoms with Crippen molar-refractivity contribution < 1.29 is 9.59 Å². The lowest BCUT2D eigenvalue weighted by atomic mass is 9.78.